The van der Waals surface area contributed by atoms with E-state index in [-0.39, 0.29) is 44.7 Å². The van der Waals surface area contributed by atoms with E-state index in [1.807, 2.05) is 5.32 Å². The number of amides is 1. The number of carbonyl (C=O) groups is 2. The fraction of sp³-hybridized carbons (Fsp3) is 0.192. The molecule has 3 N–H and O–H groups in total. The minimum Gasteiger partial charge on any atom is -0.478 e. The van der Waals surface area contributed by atoms with Gasteiger partial charge in [0, 0.05) is 18.2 Å². The van der Waals surface area contributed by atoms with Crippen LogP contribution in [0.2, 0.25) is 0 Å². The number of halogens is 6. The van der Waals surface area contributed by atoms with Gasteiger partial charge in [0.25, 0.3) is 5.91 Å². The Morgan fingerprint density at radius 2 is 1.64 bits per heavy atom. The summed E-state index contributed by atoms with van der Waals surface area (Å²) in [5.41, 5.74) is 0.162. The number of carboxylic acids is 1. The van der Waals surface area contributed by atoms with Crippen molar-refractivity contribution >= 4 is 28.8 Å². The van der Waals surface area contributed by atoms with Gasteiger partial charge in [-0.2, -0.15) is 26.9 Å². The van der Waals surface area contributed by atoms with Crippen LogP contribution in [-0.2, 0) is 0 Å². The Morgan fingerprint density at radius 1 is 1.00 bits per heavy atom. The zero-order valence-electron chi connectivity index (χ0n) is 20.2. The zero-order valence-corrected chi connectivity index (χ0v) is 20.2. The van der Waals surface area contributed by atoms with Gasteiger partial charge in [0.15, 0.2) is 0 Å². The van der Waals surface area contributed by atoms with Gasteiger partial charge in [0.05, 0.1) is 23.1 Å². The molecule has 2 aromatic heterocycles. The van der Waals surface area contributed by atoms with E-state index in [1.165, 1.54) is 50.4 Å². The molecule has 204 valence electrons. The zero-order chi connectivity index (χ0) is 28.7. The number of nitrogens with zero attached hydrogens (tertiary/aromatic N) is 1. The molecular weight excluding hydrogens is 532 g/mol. The standard InChI is InChI=1S/C26H19F6N3O4/c1-12-3-4-14(9-16(12)24(37)38)17-10-18-19(22(36)33-2)20(13-5-7-15(27)8-6-13)39-23(18)35-21(17)34-11-25(28,29)26(30,31)32/h3-10H,11H2,1-2H3,(H,33,36)(H,34,35)(H,37,38). The first-order valence-corrected chi connectivity index (χ1v) is 11.2. The number of aryl methyl sites for hydroxylation is 1. The minimum absolute atomic E-state index is 0.0502. The van der Waals surface area contributed by atoms with Gasteiger partial charge >= 0.3 is 18.1 Å². The number of hydrogen-bond donors (Lipinski definition) is 3. The van der Waals surface area contributed by atoms with Crippen LogP contribution < -0.4 is 10.6 Å². The quantitative estimate of drug-likeness (QED) is 0.234. The molecule has 0 aliphatic carbocycles. The van der Waals surface area contributed by atoms with Crippen molar-refractivity contribution in [1.29, 1.82) is 0 Å². The number of rotatable bonds is 7. The highest BCUT2D eigenvalue weighted by Gasteiger charge is 2.57. The molecule has 0 saturated heterocycles. The summed E-state index contributed by atoms with van der Waals surface area (Å²) in [6, 6.07) is 10.2. The van der Waals surface area contributed by atoms with Gasteiger partial charge in [-0.05, 0) is 54.4 Å². The fourth-order valence-corrected chi connectivity index (χ4v) is 3.85. The first kappa shape index (κ1) is 27.5. The van der Waals surface area contributed by atoms with E-state index < -0.39 is 42.2 Å². The van der Waals surface area contributed by atoms with Crippen LogP contribution in [0.3, 0.4) is 0 Å². The molecule has 0 fully saturated rings. The van der Waals surface area contributed by atoms with Crippen LogP contribution in [0.5, 0.6) is 0 Å². The third-order valence-corrected chi connectivity index (χ3v) is 5.91. The first-order valence-electron chi connectivity index (χ1n) is 11.2. The Morgan fingerprint density at radius 3 is 2.23 bits per heavy atom. The van der Waals surface area contributed by atoms with Crippen LogP contribution in [0.15, 0.2) is 52.9 Å². The monoisotopic (exact) mass is 551 g/mol. The molecule has 0 bridgehead atoms. The van der Waals surface area contributed by atoms with Crippen LogP contribution in [0.25, 0.3) is 33.6 Å². The Labute approximate surface area is 216 Å². The molecule has 0 atom stereocenters. The minimum atomic E-state index is -5.85. The molecule has 0 radical (unpaired) electrons. The van der Waals surface area contributed by atoms with Crippen molar-refractivity contribution < 1.29 is 45.5 Å². The molecule has 2 heterocycles. The molecule has 0 saturated carbocycles. The van der Waals surface area contributed by atoms with Crippen LogP contribution in [0.1, 0.15) is 26.3 Å². The fourth-order valence-electron chi connectivity index (χ4n) is 3.85. The number of aromatic carboxylic acids is 1. The Balaban J connectivity index is 1.98. The number of alkyl halides is 5. The third-order valence-electron chi connectivity index (χ3n) is 5.91. The summed E-state index contributed by atoms with van der Waals surface area (Å²) in [5, 5.41) is 14.0. The smallest absolute Gasteiger partial charge is 0.455 e. The molecule has 0 aliphatic heterocycles. The molecule has 4 rings (SSSR count). The number of carboxylic acid groups (broad SMARTS) is 1. The number of fused-ring (bicyclic) bond motifs is 1. The lowest BCUT2D eigenvalue weighted by Crippen LogP contribution is -2.42. The van der Waals surface area contributed by atoms with Crippen molar-refractivity contribution in [2.24, 2.45) is 0 Å². The second-order valence-electron chi connectivity index (χ2n) is 8.52. The molecule has 0 spiro atoms. The van der Waals surface area contributed by atoms with Gasteiger partial charge in [-0.3, -0.25) is 4.79 Å². The number of furan rings is 1. The Hall–Kier alpha value is -4.55. The van der Waals surface area contributed by atoms with Crippen molar-refractivity contribution in [3.8, 4) is 22.5 Å². The summed E-state index contributed by atoms with van der Waals surface area (Å²) in [7, 11) is 1.33. The topological polar surface area (TPSA) is 104 Å². The highest BCUT2D eigenvalue weighted by molar-refractivity contribution is 6.11. The summed E-state index contributed by atoms with van der Waals surface area (Å²) < 4.78 is 85.2. The van der Waals surface area contributed by atoms with E-state index in [0.29, 0.717) is 5.56 Å². The van der Waals surface area contributed by atoms with Gasteiger partial charge in [0.2, 0.25) is 5.71 Å². The number of hydrogen-bond acceptors (Lipinski definition) is 5. The average molecular weight is 551 g/mol. The summed E-state index contributed by atoms with van der Waals surface area (Å²) in [4.78, 5) is 28.6. The van der Waals surface area contributed by atoms with Gasteiger partial charge in [-0.1, -0.05) is 12.1 Å². The molecule has 2 aromatic carbocycles. The maximum atomic E-state index is 13.8. The Kier molecular flexibility index (Phi) is 7.02. The van der Waals surface area contributed by atoms with E-state index in [9.17, 15) is 41.0 Å². The van der Waals surface area contributed by atoms with Gasteiger partial charge in [-0.15, -0.1) is 0 Å². The molecule has 4 aromatic rings. The second kappa shape index (κ2) is 9.97. The summed E-state index contributed by atoms with van der Waals surface area (Å²) in [6.07, 6.45) is -5.85. The number of nitrogens with one attached hydrogen (secondary N) is 2. The predicted octanol–water partition coefficient (Wildman–Crippen LogP) is 6.28. The largest absolute Gasteiger partial charge is 0.478 e. The van der Waals surface area contributed by atoms with Gasteiger partial charge in [0.1, 0.15) is 17.4 Å². The number of pyridine rings is 1. The average Bonchev–Trinajstić information content (AvgIpc) is 3.24. The number of benzene rings is 2. The van der Waals surface area contributed by atoms with E-state index >= 15 is 0 Å². The molecule has 39 heavy (non-hydrogen) atoms. The van der Waals surface area contributed by atoms with Crippen molar-refractivity contribution in [3.05, 3.63) is 71.0 Å². The van der Waals surface area contributed by atoms with Crippen molar-refractivity contribution in [2.45, 2.75) is 19.0 Å². The highest BCUT2D eigenvalue weighted by atomic mass is 19.4. The lowest BCUT2D eigenvalue weighted by molar-refractivity contribution is -0.275. The van der Waals surface area contributed by atoms with E-state index in [0.717, 1.165) is 12.1 Å². The molecule has 7 nitrogen and oxygen atoms in total. The van der Waals surface area contributed by atoms with Crippen LogP contribution in [0, 0.1) is 12.7 Å². The van der Waals surface area contributed by atoms with E-state index in [4.69, 9.17) is 4.42 Å². The molecule has 0 unspecified atom stereocenters. The van der Waals surface area contributed by atoms with E-state index in [2.05, 4.69) is 10.3 Å². The predicted molar refractivity (Wildman–Crippen MR) is 129 cm³/mol. The molecule has 13 heteroatoms. The maximum absolute atomic E-state index is 13.8. The number of carbonyl (C=O) groups excluding carboxylic acids is 1. The van der Waals surface area contributed by atoms with Crippen LogP contribution in [0.4, 0.5) is 32.2 Å². The normalized spacial score (nSPS) is 12.0. The molecular formula is C26H19F6N3O4. The maximum Gasteiger partial charge on any atom is 0.455 e. The van der Waals surface area contributed by atoms with Crippen molar-refractivity contribution in [2.75, 3.05) is 18.9 Å². The molecule has 0 aliphatic rings. The first-order chi connectivity index (χ1) is 18.2. The van der Waals surface area contributed by atoms with E-state index in [1.54, 1.807) is 0 Å². The lowest BCUT2D eigenvalue weighted by atomic mass is 9.98. The summed E-state index contributed by atoms with van der Waals surface area (Å²) >= 11 is 0. The van der Waals surface area contributed by atoms with Gasteiger partial charge in [-0.25, -0.2) is 9.18 Å². The van der Waals surface area contributed by atoms with Crippen LogP contribution >= 0.6 is 0 Å². The number of aromatic nitrogens is 1. The number of anilines is 1. The summed E-state index contributed by atoms with van der Waals surface area (Å²) in [6.45, 7) is -0.361. The lowest BCUT2D eigenvalue weighted by Gasteiger charge is -2.21. The van der Waals surface area contributed by atoms with Crippen molar-refractivity contribution in [3.63, 3.8) is 0 Å². The molecule has 1 amide bonds. The SMILES string of the molecule is CNC(=O)c1c(-c2ccc(F)cc2)oc2nc(NCC(F)(F)C(F)(F)F)c(-c3ccc(C)c(C(=O)O)c3)cc12. The third kappa shape index (κ3) is 5.24. The second-order valence-corrected chi connectivity index (χ2v) is 8.52. The van der Waals surface area contributed by atoms with Crippen molar-refractivity contribution in [1.82, 2.24) is 10.3 Å². The van der Waals surface area contributed by atoms with Crippen LogP contribution in [-0.4, -0.2) is 47.7 Å². The van der Waals surface area contributed by atoms with Gasteiger partial charge < -0.3 is 20.2 Å². The highest BCUT2D eigenvalue weighted by Crippen LogP contribution is 2.40. The Bertz CT molecular complexity index is 1580. The summed E-state index contributed by atoms with van der Waals surface area (Å²) in [5.74, 6) is -8.18.